The summed E-state index contributed by atoms with van der Waals surface area (Å²) in [6, 6.07) is 0. The number of hydrogen-bond acceptors (Lipinski definition) is 3. The van der Waals surface area contributed by atoms with E-state index in [1.54, 1.807) is 0 Å². The molecule has 0 bridgehead atoms. The van der Waals surface area contributed by atoms with Gasteiger partial charge < -0.3 is 5.11 Å². The third kappa shape index (κ3) is 5.60. The average Bonchev–Trinajstić information content (AvgIpc) is 1.27. The number of nitrogens with one attached hydrogen (secondary N) is 1. The van der Waals surface area contributed by atoms with Crippen molar-refractivity contribution in [1.82, 2.24) is 3.53 Å². The molecule has 0 atom stereocenters. The van der Waals surface area contributed by atoms with Gasteiger partial charge in [0.1, 0.15) is 0 Å². The van der Waals surface area contributed by atoms with Crippen molar-refractivity contribution >= 4 is 26.2 Å². The summed E-state index contributed by atoms with van der Waals surface area (Å²) >= 11 is -3.72. The van der Waals surface area contributed by atoms with E-state index < -0.39 is 26.2 Å². The number of hydrogen-bond donors (Lipinski definition) is 2. The molecule has 0 unspecified atom stereocenters. The van der Waals surface area contributed by atoms with Gasteiger partial charge in [-0.2, -0.15) is 0 Å². The van der Waals surface area contributed by atoms with Gasteiger partial charge in [-0.05, 0) is 0 Å². The predicted octanol–water partition coefficient (Wildman–Crippen LogP) is 0.366. The molecule has 2 N–H and O–H groups in total. The highest BCUT2D eigenvalue weighted by Gasteiger charge is 1.93. The minimum absolute atomic E-state index is 1.27. The van der Waals surface area contributed by atoms with E-state index in [1.165, 1.54) is 3.53 Å². The van der Waals surface area contributed by atoms with Gasteiger partial charge in [-0.25, -0.2) is 14.5 Å². The van der Waals surface area contributed by atoms with Crippen LogP contribution in [0.5, 0.6) is 0 Å². The molecule has 0 aliphatic carbocycles. The van der Waals surface area contributed by atoms with Crippen molar-refractivity contribution in [2.45, 2.75) is 0 Å². The van der Waals surface area contributed by atoms with Crippen molar-refractivity contribution < 1.29 is 16.0 Å². The van der Waals surface area contributed by atoms with Crippen LogP contribution in [0.4, 0.5) is 4.79 Å². The zero-order chi connectivity index (χ0) is 5.86. The first-order chi connectivity index (χ1) is 3.13. The maximum atomic E-state index is 9.45. The summed E-state index contributed by atoms with van der Waals surface area (Å²) < 4.78 is 20.2. The SMILES string of the molecule is O=C(O)NI(=O)=O. The van der Waals surface area contributed by atoms with Crippen LogP contribution >= 0.6 is 20.1 Å². The Bertz CT molecular complexity index is 129. The maximum Gasteiger partial charge on any atom is 0.423 e. The molecule has 0 saturated heterocycles. The van der Waals surface area contributed by atoms with Gasteiger partial charge in [-0.1, -0.05) is 0 Å². The lowest BCUT2D eigenvalue weighted by Gasteiger charge is -1.77. The summed E-state index contributed by atoms with van der Waals surface area (Å²) in [5, 5.41) is 7.61. The van der Waals surface area contributed by atoms with Crippen molar-refractivity contribution in [2.75, 3.05) is 0 Å². The maximum absolute atomic E-state index is 9.45. The molecular formula is CH2INO4. The molecule has 0 aromatic carbocycles. The van der Waals surface area contributed by atoms with Gasteiger partial charge in [0.2, 0.25) is 0 Å². The molecule has 0 aromatic heterocycles. The zero-order valence-corrected chi connectivity index (χ0v) is 5.21. The Balaban J connectivity index is 3.53. The second-order valence-electron chi connectivity index (χ2n) is 0.617. The van der Waals surface area contributed by atoms with Gasteiger partial charge >= 0.3 is 26.2 Å². The molecule has 1 amide bonds. The molecule has 7 heavy (non-hydrogen) atoms. The minimum atomic E-state index is -3.72. The molecule has 0 aromatic rings. The zero-order valence-electron chi connectivity index (χ0n) is 3.05. The van der Waals surface area contributed by atoms with Crippen LogP contribution in [-0.2, 0) is 6.14 Å². The first kappa shape index (κ1) is 6.60. The van der Waals surface area contributed by atoms with Crippen LogP contribution in [0.1, 0.15) is 0 Å². The van der Waals surface area contributed by atoms with Gasteiger partial charge in [0, 0.05) is 0 Å². The summed E-state index contributed by atoms with van der Waals surface area (Å²) in [6.45, 7) is 0. The summed E-state index contributed by atoms with van der Waals surface area (Å²) in [4.78, 5) is 9.34. The Kier molecular flexibility index (Phi) is 2.56. The summed E-state index contributed by atoms with van der Waals surface area (Å²) in [7, 11) is 0. The van der Waals surface area contributed by atoms with E-state index in [4.69, 9.17) is 5.11 Å². The molecule has 6 heteroatoms. The largest absolute Gasteiger partial charge is 0.464 e. The number of carboxylic acid groups (broad SMARTS) is 1. The van der Waals surface area contributed by atoms with E-state index in [2.05, 4.69) is 0 Å². The van der Waals surface area contributed by atoms with Crippen LogP contribution in [-0.4, -0.2) is 11.2 Å². The van der Waals surface area contributed by atoms with Crippen LogP contribution in [0.25, 0.3) is 0 Å². The highest BCUT2D eigenvalue weighted by Crippen LogP contribution is 1.91. The molecule has 0 rings (SSSR count). The van der Waals surface area contributed by atoms with Crippen molar-refractivity contribution in [1.29, 1.82) is 0 Å². The summed E-state index contributed by atoms with van der Waals surface area (Å²) in [6.07, 6.45) is -1.52. The van der Waals surface area contributed by atoms with Gasteiger partial charge in [-0.3, -0.25) is 0 Å². The fourth-order valence-corrected chi connectivity index (χ4v) is 0.443. The topological polar surface area (TPSA) is 83.5 Å². The van der Waals surface area contributed by atoms with E-state index in [1.807, 2.05) is 0 Å². The molecule has 42 valence electrons. The van der Waals surface area contributed by atoms with E-state index in [0.29, 0.717) is 0 Å². The van der Waals surface area contributed by atoms with Gasteiger partial charge in [-0.15, -0.1) is 0 Å². The molecular weight excluding hydrogens is 217 g/mol. The van der Waals surface area contributed by atoms with Gasteiger partial charge in [0.05, 0.1) is 0 Å². The molecule has 0 aliphatic rings. The number of amides is 1. The normalized spacial score (nSPS) is 8.71. The molecule has 0 aliphatic heterocycles. The number of rotatable bonds is 1. The molecule has 0 saturated carbocycles. The van der Waals surface area contributed by atoms with Gasteiger partial charge in [0.15, 0.2) is 0 Å². The smallest absolute Gasteiger partial charge is 0.423 e. The monoisotopic (exact) mass is 219 g/mol. The third-order valence-electron chi connectivity index (χ3n) is 0.158. The molecule has 0 spiro atoms. The van der Waals surface area contributed by atoms with Crippen molar-refractivity contribution in [3.63, 3.8) is 0 Å². The molecule has 5 nitrogen and oxygen atoms in total. The lowest BCUT2D eigenvalue weighted by atomic mass is 11.3. The van der Waals surface area contributed by atoms with Crippen molar-refractivity contribution in [3.8, 4) is 0 Å². The second kappa shape index (κ2) is 2.72. The highest BCUT2D eigenvalue weighted by molar-refractivity contribution is 14.2. The van der Waals surface area contributed by atoms with Crippen LogP contribution in [0, 0.1) is 0 Å². The van der Waals surface area contributed by atoms with Crippen molar-refractivity contribution in [3.05, 3.63) is 0 Å². The van der Waals surface area contributed by atoms with E-state index in [9.17, 15) is 10.9 Å². The molecule has 0 heterocycles. The Hall–Kier alpha value is -0.400. The average molecular weight is 219 g/mol. The number of carbonyl (C=O) groups is 1. The van der Waals surface area contributed by atoms with E-state index >= 15 is 0 Å². The van der Waals surface area contributed by atoms with Crippen molar-refractivity contribution in [2.24, 2.45) is 0 Å². The quantitative estimate of drug-likeness (QED) is 0.492. The molecule has 0 radical (unpaired) electrons. The Morgan fingerprint density at radius 2 is 2.00 bits per heavy atom. The van der Waals surface area contributed by atoms with Crippen LogP contribution in [0.15, 0.2) is 0 Å². The standard InChI is InChI=1S/CH2INO4/c4-1(5)3-2(6)7/h(H,4,5)(H,3,6,7). The number of halogens is 1. The van der Waals surface area contributed by atoms with Gasteiger partial charge in [0.25, 0.3) is 0 Å². The third-order valence-corrected chi connectivity index (χ3v) is 1.06. The minimum Gasteiger partial charge on any atom is -0.464 e. The predicted molar refractivity (Wildman–Crippen MR) is 26.6 cm³/mol. The first-order valence-corrected chi connectivity index (χ1v) is 4.02. The van der Waals surface area contributed by atoms with E-state index in [0.717, 1.165) is 0 Å². The van der Waals surface area contributed by atoms with Crippen LogP contribution in [0.2, 0.25) is 0 Å². The Labute approximate surface area is 46.2 Å². The molecule has 0 fully saturated rings. The lowest BCUT2D eigenvalue weighted by molar-refractivity contribution is 0.203. The first-order valence-electron chi connectivity index (χ1n) is 1.18. The highest BCUT2D eigenvalue weighted by atomic mass is 127. The van der Waals surface area contributed by atoms with Crippen LogP contribution in [0.3, 0.4) is 0 Å². The Morgan fingerprint density at radius 1 is 1.57 bits per heavy atom. The van der Waals surface area contributed by atoms with E-state index in [-0.39, 0.29) is 0 Å². The summed E-state index contributed by atoms with van der Waals surface area (Å²) in [5.41, 5.74) is 0. The second-order valence-corrected chi connectivity index (χ2v) is 2.40. The summed E-state index contributed by atoms with van der Waals surface area (Å²) in [5.74, 6) is 0. The Morgan fingerprint density at radius 3 is 2.00 bits per heavy atom. The fourth-order valence-electron chi connectivity index (χ4n) is 0.0660. The van der Waals surface area contributed by atoms with Crippen LogP contribution < -0.4 is 3.53 Å². The fraction of sp³-hybridized carbons (Fsp3) is 0. The lowest BCUT2D eigenvalue weighted by Crippen LogP contribution is -2.08.